The van der Waals surface area contributed by atoms with Crippen molar-refractivity contribution in [3.8, 4) is 11.5 Å². The maximum Gasteiger partial charge on any atom is 0.182 e. The van der Waals surface area contributed by atoms with Gasteiger partial charge in [0.1, 0.15) is 16.3 Å². The van der Waals surface area contributed by atoms with Crippen LogP contribution in [0.2, 0.25) is 0 Å². The third kappa shape index (κ3) is 1.97. The van der Waals surface area contributed by atoms with Gasteiger partial charge in [0.25, 0.3) is 0 Å². The highest BCUT2D eigenvalue weighted by molar-refractivity contribution is 7.18. The normalized spacial score (nSPS) is 11.0. The number of aromatic nitrogens is 3. The largest absolute Gasteiger partial charge is 0.370 e. The molecule has 4 nitrogen and oxygen atoms in total. The Morgan fingerprint density at radius 2 is 2.22 bits per heavy atom. The molecule has 0 amide bonds. The first-order valence-electron chi connectivity index (χ1n) is 5.68. The molecule has 0 bridgehead atoms. The van der Waals surface area contributed by atoms with Crippen molar-refractivity contribution in [1.82, 2.24) is 15.0 Å². The average Bonchev–Trinajstić information content (AvgIpc) is 2.96. The zero-order valence-electron chi connectivity index (χ0n) is 10.1. The summed E-state index contributed by atoms with van der Waals surface area (Å²) in [6.45, 7) is 5.00. The summed E-state index contributed by atoms with van der Waals surface area (Å²) in [7, 11) is 0. The predicted octanol–water partition coefficient (Wildman–Crippen LogP) is 3.56. The number of fused-ring (bicyclic) bond motifs is 1. The zero-order chi connectivity index (χ0) is 12.5. The van der Waals surface area contributed by atoms with E-state index in [9.17, 15) is 0 Å². The van der Waals surface area contributed by atoms with Gasteiger partial charge in [0.05, 0.1) is 10.9 Å². The summed E-state index contributed by atoms with van der Waals surface area (Å²) in [5.41, 5.74) is 2.64. The van der Waals surface area contributed by atoms with Crippen LogP contribution < -0.4 is 5.32 Å². The van der Waals surface area contributed by atoms with Gasteiger partial charge in [0.15, 0.2) is 5.82 Å². The summed E-state index contributed by atoms with van der Waals surface area (Å²) in [4.78, 5) is 15.7. The molecule has 1 N–H and O–H groups in total. The van der Waals surface area contributed by atoms with Crippen molar-refractivity contribution < 1.29 is 0 Å². The highest BCUT2D eigenvalue weighted by atomic mass is 32.1. The molecular weight excluding hydrogens is 264 g/mol. The molecule has 6 heteroatoms. The second-order valence-corrected chi connectivity index (χ2v) is 5.83. The minimum Gasteiger partial charge on any atom is -0.370 e. The molecule has 0 aromatic carbocycles. The molecule has 3 rings (SSSR count). The SMILES string of the molecule is CCNc1nc(-c2cscn2)nc2sc(C)cc12. The van der Waals surface area contributed by atoms with Crippen LogP contribution >= 0.6 is 22.7 Å². The second kappa shape index (κ2) is 4.62. The van der Waals surface area contributed by atoms with E-state index in [0.29, 0.717) is 5.82 Å². The lowest BCUT2D eigenvalue weighted by Gasteiger charge is -2.05. The summed E-state index contributed by atoms with van der Waals surface area (Å²) in [6, 6.07) is 2.13. The van der Waals surface area contributed by atoms with Gasteiger partial charge in [-0.15, -0.1) is 22.7 Å². The number of nitrogens with one attached hydrogen (secondary N) is 1. The van der Waals surface area contributed by atoms with Crippen molar-refractivity contribution in [2.24, 2.45) is 0 Å². The third-order valence-corrected chi connectivity index (χ3v) is 4.05. The van der Waals surface area contributed by atoms with Crippen LogP contribution in [0.5, 0.6) is 0 Å². The van der Waals surface area contributed by atoms with Crippen LogP contribution in [0.25, 0.3) is 21.7 Å². The Hall–Kier alpha value is -1.53. The Balaban J connectivity index is 2.22. The Bertz CT molecular complexity index is 673. The number of aryl methyl sites for hydroxylation is 1. The minimum absolute atomic E-state index is 0.696. The zero-order valence-corrected chi connectivity index (χ0v) is 11.7. The van der Waals surface area contributed by atoms with Crippen LogP contribution in [-0.4, -0.2) is 21.5 Å². The molecule has 0 saturated heterocycles. The molecule has 0 aliphatic heterocycles. The van der Waals surface area contributed by atoms with Crippen LogP contribution in [0.1, 0.15) is 11.8 Å². The van der Waals surface area contributed by atoms with E-state index in [1.807, 2.05) is 5.38 Å². The molecule has 3 heterocycles. The van der Waals surface area contributed by atoms with Crippen molar-refractivity contribution in [2.45, 2.75) is 13.8 Å². The van der Waals surface area contributed by atoms with Crippen molar-refractivity contribution in [2.75, 3.05) is 11.9 Å². The molecule has 3 aromatic heterocycles. The third-order valence-electron chi connectivity index (χ3n) is 2.52. The topological polar surface area (TPSA) is 50.7 Å². The molecule has 0 atom stereocenters. The first-order chi connectivity index (χ1) is 8.78. The fourth-order valence-electron chi connectivity index (χ4n) is 1.78. The second-order valence-electron chi connectivity index (χ2n) is 3.88. The van der Waals surface area contributed by atoms with Gasteiger partial charge >= 0.3 is 0 Å². The van der Waals surface area contributed by atoms with Gasteiger partial charge in [-0.2, -0.15) is 0 Å². The maximum atomic E-state index is 4.59. The molecule has 18 heavy (non-hydrogen) atoms. The Morgan fingerprint density at radius 1 is 1.33 bits per heavy atom. The standard InChI is InChI=1S/C12H12N4S2/c1-3-13-10-8-4-7(2)18-12(8)16-11(15-10)9-5-17-6-14-9/h4-6H,3H2,1-2H3,(H,13,15,16). The van der Waals surface area contributed by atoms with E-state index in [1.54, 1.807) is 28.2 Å². The van der Waals surface area contributed by atoms with Gasteiger partial charge < -0.3 is 5.32 Å². The van der Waals surface area contributed by atoms with Gasteiger partial charge in [0.2, 0.25) is 0 Å². The van der Waals surface area contributed by atoms with E-state index in [4.69, 9.17) is 0 Å². The summed E-state index contributed by atoms with van der Waals surface area (Å²) in [5, 5.41) is 6.36. The molecule has 0 unspecified atom stereocenters. The number of thiophene rings is 1. The molecule has 0 saturated carbocycles. The lowest BCUT2D eigenvalue weighted by molar-refractivity contribution is 1.14. The molecule has 0 aliphatic rings. The van der Waals surface area contributed by atoms with Gasteiger partial charge in [0, 0.05) is 16.8 Å². The van der Waals surface area contributed by atoms with Crippen LogP contribution in [0.4, 0.5) is 5.82 Å². The van der Waals surface area contributed by atoms with E-state index in [1.165, 1.54) is 4.88 Å². The Kier molecular flexibility index (Phi) is 2.97. The molecule has 0 radical (unpaired) electrons. The molecule has 0 fully saturated rings. The van der Waals surface area contributed by atoms with E-state index in [0.717, 1.165) is 28.3 Å². The van der Waals surface area contributed by atoms with E-state index >= 15 is 0 Å². The average molecular weight is 276 g/mol. The summed E-state index contributed by atoms with van der Waals surface area (Å²) in [5.74, 6) is 1.59. The minimum atomic E-state index is 0.696. The molecular formula is C12H12N4S2. The van der Waals surface area contributed by atoms with Crippen LogP contribution in [0.15, 0.2) is 17.0 Å². The smallest absolute Gasteiger partial charge is 0.182 e. The number of hydrogen-bond donors (Lipinski definition) is 1. The number of nitrogens with zero attached hydrogens (tertiary/aromatic N) is 3. The van der Waals surface area contributed by atoms with E-state index in [2.05, 4.69) is 40.2 Å². The van der Waals surface area contributed by atoms with Gasteiger partial charge in [-0.3, -0.25) is 0 Å². The molecule has 3 aromatic rings. The quantitative estimate of drug-likeness (QED) is 0.794. The molecule has 0 aliphatic carbocycles. The van der Waals surface area contributed by atoms with Crippen LogP contribution in [0, 0.1) is 6.92 Å². The van der Waals surface area contributed by atoms with Crippen molar-refractivity contribution in [1.29, 1.82) is 0 Å². The number of hydrogen-bond acceptors (Lipinski definition) is 6. The van der Waals surface area contributed by atoms with Gasteiger partial charge in [-0.1, -0.05) is 0 Å². The van der Waals surface area contributed by atoms with E-state index in [-0.39, 0.29) is 0 Å². The van der Waals surface area contributed by atoms with Gasteiger partial charge in [-0.25, -0.2) is 15.0 Å². The van der Waals surface area contributed by atoms with Crippen molar-refractivity contribution in [3.05, 3.63) is 21.8 Å². The van der Waals surface area contributed by atoms with Gasteiger partial charge in [-0.05, 0) is 19.9 Å². The number of thiazole rings is 1. The van der Waals surface area contributed by atoms with Crippen LogP contribution in [0.3, 0.4) is 0 Å². The maximum absolute atomic E-state index is 4.59. The number of anilines is 1. The lowest BCUT2D eigenvalue weighted by atomic mass is 10.3. The first kappa shape index (κ1) is 11.6. The van der Waals surface area contributed by atoms with Crippen molar-refractivity contribution in [3.63, 3.8) is 0 Å². The molecule has 0 spiro atoms. The Labute approximate surface area is 113 Å². The highest BCUT2D eigenvalue weighted by Crippen LogP contribution is 2.30. The fourth-order valence-corrected chi connectivity index (χ4v) is 3.19. The van der Waals surface area contributed by atoms with Crippen LogP contribution in [-0.2, 0) is 0 Å². The lowest BCUT2D eigenvalue weighted by Crippen LogP contribution is -2.01. The summed E-state index contributed by atoms with van der Waals surface area (Å²) >= 11 is 3.24. The number of rotatable bonds is 3. The van der Waals surface area contributed by atoms with E-state index < -0.39 is 0 Å². The van der Waals surface area contributed by atoms with Crippen molar-refractivity contribution >= 4 is 38.7 Å². The fraction of sp³-hybridized carbons (Fsp3) is 0.250. The monoisotopic (exact) mass is 276 g/mol. The predicted molar refractivity (Wildman–Crippen MR) is 77.4 cm³/mol. The molecule has 92 valence electrons. The highest BCUT2D eigenvalue weighted by Gasteiger charge is 2.12. The first-order valence-corrected chi connectivity index (χ1v) is 7.44. The summed E-state index contributed by atoms with van der Waals surface area (Å²) < 4.78 is 0. The summed E-state index contributed by atoms with van der Waals surface area (Å²) in [6.07, 6.45) is 0. The Morgan fingerprint density at radius 3 is 2.94 bits per heavy atom.